The highest BCUT2D eigenvalue weighted by Crippen LogP contribution is 2.17. The van der Waals surface area contributed by atoms with Gasteiger partial charge in [-0.25, -0.2) is 0 Å². The molecule has 1 heterocycles. The maximum atomic E-state index is 10.6. The van der Waals surface area contributed by atoms with Crippen LogP contribution < -0.4 is 15.8 Å². The highest BCUT2D eigenvalue weighted by molar-refractivity contribution is 9.10. The Kier molecular flexibility index (Phi) is 5.57. The third kappa shape index (κ3) is 5.43. The normalized spacial score (nSPS) is 10.1. The first-order chi connectivity index (χ1) is 10.1. The van der Waals surface area contributed by atoms with Crippen molar-refractivity contribution in [3.63, 3.8) is 0 Å². The second-order valence-electron chi connectivity index (χ2n) is 4.45. The Morgan fingerprint density at radius 2 is 2.05 bits per heavy atom. The SMILES string of the molecule is NC(=O)CCOc1ccc(NCc2cncc(Br)c2)cc1. The third-order valence-electron chi connectivity index (χ3n) is 2.73. The summed E-state index contributed by atoms with van der Waals surface area (Å²) in [4.78, 5) is 14.7. The van der Waals surface area contributed by atoms with E-state index in [1.807, 2.05) is 36.5 Å². The molecule has 2 rings (SSSR count). The molecule has 0 spiro atoms. The lowest BCUT2D eigenvalue weighted by atomic mass is 10.2. The Labute approximate surface area is 131 Å². The third-order valence-corrected chi connectivity index (χ3v) is 3.16. The smallest absolute Gasteiger partial charge is 0.220 e. The van der Waals surface area contributed by atoms with Crippen molar-refractivity contribution in [3.05, 3.63) is 52.8 Å². The number of ether oxygens (including phenoxy) is 1. The first-order valence-corrected chi connectivity index (χ1v) is 7.27. The summed E-state index contributed by atoms with van der Waals surface area (Å²) in [7, 11) is 0. The molecule has 2 aromatic rings. The molecule has 6 heteroatoms. The van der Waals surface area contributed by atoms with Crippen LogP contribution in [0.5, 0.6) is 5.75 Å². The van der Waals surface area contributed by atoms with Crippen LogP contribution in [-0.2, 0) is 11.3 Å². The van der Waals surface area contributed by atoms with Crippen LogP contribution in [0.15, 0.2) is 47.2 Å². The molecular formula is C15H16BrN3O2. The van der Waals surface area contributed by atoms with Crippen LogP contribution in [0.4, 0.5) is 5.69 Å². The second-order valence-corrected chi connectivity index (χ2v) is 5.37. The van der Waals surface area contributed by atoms with Crippen LogP contribution in [0.1, 0.15) is 12.0 Å². The number of hydrogen-bond acceptors (Lipinski definition) is 4. The van der Waals surface area contributed by atoms with Crippen molar-refractivity contribution in [1.82, 2.24) is 4.98 Å². The van der Waals surface area contributed by atoms with Gasteiger partial charge >= 0.3 is 0 Å². The maximum Gasteiger partial charge on any atom is 0.220 e. The van der Waals surface area contributed by atoms with Crippen molar-refractivity contribution in [2.75, 3.05) is 11.9 Å². The quantitative estimate of drug-likeness (QED) is 0.805. The van der Waals surface area contributed by atoms with Crippen LogP contribution in [0, 0.1) is 0 Å². The average molecular weight is 350 g/mol. The van der Waals surface area contributed by atoms with E-state index in [0.717, 1.165) is 15.7 Å². The molecule has 110 valence electrons. The summed E-state index contributed by atoms with van der Waals surface area (Å²) in [5, 5.41) is 3.30. The van der Waals surface area contributed by atoms with Crippen LogP contribution >= 0.6 is 15.9 Å². The van der Waals surface area contributed by atoms with Gasteiger partial charge in [0.05, 0.1) is 13.0 Å². The van der Waals surface area contributed by atoms with Gasteiger partial charge in [0, 0.05) is 29.1 Å². The summed E-state index contributed by atoms with van der Waals surface area (Å²) in [6.07, 6.45) is 3.79. The molecule has 0 radical (unpaired) electrons. The van der Waals surface area contributed by atoms with E-state index in [1.54, 1.807) is 6.20 Å². The minimum Gasteiger partial charge on any atom is -0.493 e. The number of carbonyl (C=O) groups is 1. The lowest BCUT2D eigenvalue weighted by Crippen LogP contribution is -2.14. The average Bonchev–Trinajstić information content (AvgIpc) is 2.46. The van der Waals surface area contributed by atoms with Crippen molar-refractivity contribution in [1.29, 1.82) is 0 Å². The van der Waals surface area contributed by atoms with Crippen LogP contribution in [0.2, 0.25) is 0 Å². The standard InChI is InChI=1S/C15H16BrN3O2/c16-12-7-11(8-18-10-12)9-19-13-1-3-14(4-2-13)21-6-5-15(17)20/h1-4,7-8,10,19H,5-6,9H2,(H2,17,20). The molecule has 1 aromatic carbocycles. The Hall–Kier alpha value is -2.08. The molecule has 3 N–H and O–H groups in total. The van der Waals surface area contributed by atoms with Crippen LogP contribution in [0.25, 0.3) is 0 Å². The number of hydrogen-bond donors (Lipinski definition) is 2. The van der Waals surface area contributed by atoms with Gasteiger partial charge in [-0.2, -0.15) is 0 Å². The van der Waals surface area contributed by atoms with E-state index < -0.39 is 0 Å². The van der Waals surface area contributed by atoms with Gasteiger partial charge in [0.25, 0.3) is 0 Å². The highest BCUT2D eigenvalue weighted by Gasteiger charge is 1.99. The summed E-state index contributed by atoms with van der Waals surface area (Å²) < 4.78 is 6.36. The highest BCUT2D eigenvalue weighted by atomic mass is 79.9. The fourth-order valence-electron chi connectivity index (χ4n) is 1.70. The first-order valence-electron chi connectivity index (χ1n) is 6.48. The van der Waals surface area contributed by atoms with Gasteiger partial charge in [-0.3, -0.25) is 9.78 Å². The zero-order valence-corrected chi connectivity index (χ0v) is 13.0. The zero-order valence-electron chi connectivity index (χ0n) is 11.4. The van der Waals surface area contributed by atoms with Crippen LogP contribution in [-0.4, -0.2) is 17.5 Å². The number of benzene rings is 1. The van der Waals surface area contributed by atoms with Gasteiger partial charge in [-0.1, -0.05) is 0 Å². The maximum absolute atomic E-state index is 10.6. The molecule has 0 aliphatic heterocycles. The molecule has 0 fully saturated rings. The fraction of sp³-hybridized carbons (Fsp3) is 0.200. The van der Waals surface area contributed by atoms with Crippen molar-refractivity contribution in [3.8, 4) is 5.75 Å². The summed E-state index contributed by atoms with van der Waals surface area (Å²) in [6.45, 7) is 0.986. The number of nitrogens with two attached hydrogens (primary N) is 1. The van der Waals surface area contributed by atoms with Gasteiger partial charge in [-0.15, -0.1) is 0 Å². The van der Waals surface area contributed by atoms with E-state index in [4.69, 9.17) is 10.5 Å². The predicted molar refractivity (Wildman–Crippen MR) is 85.0 cm³/mol. The Morgan fingerprint density at radius 3 is 2.71 bits per heavy atom. The van der Waals surface area contributed by atoms with E-state index >= 15 is 0 Å². The molecule has 21 heavy (non-hydrogen) atoms. The molecule has 0 bridgehead atoms. The van der Waals surface area contributed by atoms with E-state index in [9.17, 15) is 4.79 Å². The number of pyridine rings is 1. The number of amides is 1. The predicted octanol–water partition coefficient (Wildman–Crippen LogP) is 2.71. The van der Waals surface area contributed by atoms with Gasteiger partial charge in [0.2, 0.25) is 5.91 Å². The van der Waals surface area contributed by atoms with E-state index in [0.29, 0.717) is 18.9 Å². The fourth-order valence-corrected chi connectivity index (χ4v) is 2.11. The first kappa shape index (κ1) is 15.3. The van der Waals surface area contributed by atoms with Gasteiger partial charge < -0.3 is 15.8 Å². The molecule has 1 aromatic heterocycles. The lowest BCUT2D eigenvalue weighted by molar-refractivity contribution is -0.118. The number of primary amides is 1. The van der Waals surface area contributed by atoms with Crippen molar-refractivity contribution in [2.24, 2.45) is 5.73 Å². The van der Waals surface area contributed by atoms with E-state index in [-0.39, 0.29) is 12.3 Å². The summed E-state index contributed by atoms with van der Waals surface area (Å²) in [6, 6.07) is 9.56. The lowest BCUT2D eigenvalue weighted by Gasteiger charge is -2.08. The van der Waals surface area contributed by atoms with E-state index in [1.165, 1.54) is 0 Å². The number of rotatable bonds is 7. The van der Waals surface area contributed by atoms with Gasteiger partial charge in [-0.05, 0) is 51.8 Å². The minimum atomic E-state index is -0.365. The van der Waals surface area contributed by atoms with Crippen molar-refractivity contribution in [2.45, 2.75) is 13.0 Å². The number of carbonyl (C=O) groups excluding carboxylic acids is 1. The number of nitrogens with one attached hydrogen (secondary N) is 1. The number of aromatic nitrogens is 1. The molecule has 5 nitrogen and oxygen atoms in total. The number of anilines is 1. The minimum absolute atomic E-state index is 0.218. The van der Waals surface area contributed by atoms with Gasteiger partial charge in [0.15, 0.2) is 0 Å². The monoisotopic (exact) mass is 349 g/mol. The molecule has 0 aliphatic carbocycles. The molecule has 0 unspecified atom stereocenters. The molecule has 1 amide bonds. The summed E-state index contributed by atoms with van der Waals surface area (Å²) in [5.74, 6) is 0.349. The largest absolute Gasteiger partial charge is 0.493 e. The van der Waals surface area contributed by atoms with Crippen molar-refractivity contribution < 1.29 is 9.53 Å². The number of halogens is 1. The summed E-state index contributed by atoms with van der Waals surface area (Å²) >= 11 is 3.39. The van der Waals surface area contributed by atoms with Crippen molar-refractivity contribution >= 4 is 27.5 Å². The zero-order chi connectivity index (χ0) is 15.1. The molecule has 0 aliphatic rings. The Bertz CT molecular complexity index is 602. The number of nitrogens with zero attached hydrogens (tertiary/aromatic N) is 1. The summed E-state index contributed by atoms with van der Waals surface area (Å²) in [5.41, 5.74) is 7.12. The topological polar surface area (TPSA) is 77.2 Å². The molecule has 0 saturated carbocycles. The molecular weight excluding hydrogens is 334 g/mol. The second kappa shape index (κ2) is 7.64. The van der Waals surface area contributed by atoms with E-state index in [2.05, 4.69) is 26.2 Å². The van der Waals surface area contributed by atoms with Crippen LogP contribution in [0.3, 0.4) is 0 Å². The Balaban J connectivity index is 1.83. The van der Waals surface area contributed by atoms with Gasteiger partial charge in [0.1, 0.15) is 5.75 Å². The molecule has 0 saturated heterocycles. The Morgan fingerprint density at radius 1 is 1.29 bits per heavy atom. The molecule has 0 atom stereocenters.